The van der Waals surface area contributed by atoms with Gasteiger partial charge in [0.15, 0.2) is 11.0 Å². The molecule has 1 aromatic carbocycles. The van der Waals surface area contributed by atoms with Crippen LogP contribution in [-0.4, -0.2) is 25.8 Å². The van der Waals surface area contributed by atoms with Gasteiger partial charge in [-0.3, -0.25) is 4.79 Å². The van der Waals surface area contributed by atoms with Gasteiger partial charge >= 0.3 is 0 Å². The molecule has 0 radical (unpaired) electrons. The molecular weight excluding hydrogens is 318 g/mol. The number of aromatic nitrogens is 3. The maximum Gasteiger partial charge on any atom is 0.191 e. The van der Waals surface area contributed by atoms with Crippen LogP contribution in [0.2, 0.25) is 0 Å². The minimum absolute atomic E-state index is 0.0396. The summed E-state index contributed by atoms with van der Waals surface area (Å²) < 4.78 is 2.00. The molecule has 5 heteroatoms. The van der Waals surface area contributed by atoms with Crippen molar-refractivity contribution in [2.45, 2.75) is 62.3 Å². The van der Waals surface area contributed by atoms with Crippen LogP contribution in [0, 0.1) is 0 Å². The van der Waals surface area contributed by atoms with Gasteiger partial charge in [0.25, 0.3) is 0 Å². The van der Waals surface area contributed by atoms with E-state index in [0.29, 0.717) is 12.2 Å². The van der Waals surface area contributed by atoms with E-state index in [9.17, 15) is 4.79 Å². The summed E-state index contributed by atoms with van der Waals surface area (Å²) in [5, 5.41) is 9.53. The molecule has 1 saturated carbocycles. The number of rotatable bonds is 3. The van der Waals surface area contributed by atoms with Crippen molar-refractivity contribution in [2.75, 3.05) is 0 Å². The lowest BCUT2D eigenvalue weighted by Gasteiger charge is -2.19. The van der Waals surface area contributed by atoms with Crippen LogP contribution in [0.15, 0.2) is 29.4 Å². The second-order valence-electron chi connectivity index (χ2n) is 7.51. The van der Waals surface area contributed by atoms with Crippen LogP contribution in [0.4, 0.5) is 0 Å². The van der Waals surface area contributed by atoms with Crippen molar-refractivity contribution in [3.63, 3.8) is 0 Å². The Morgan fingerprint density at radius 3 is 2.46 bits per heavy atom. The maximum atomic E-state index is 12.0. The molecule has 1 atom stereocenters. The Morgan fingerprint density at radius 1 is 1.12 bits per heavy atom. The second kappa shape index (κ2) is 6.71. The molecule has 0 saturated heterocycles. The average molecular weight is 343 g/mol. The van der Waals surface area contributed by atoms with E-state index in [0.717, 1.165) is 35.8 Å². The van der Waals surface area contributed by atoms with Gasteiger partial charge in [-0.25, -0.2) is 0 Å². The molecule has 1 heterocycles. The van der Waals surface area contributed by atoms with Crippen LogP contribution < -0.4 is 0 Å². The fourth-order valence-corrected chi connectivity index (χ4v) is 4.11. The third-order valence-corrected chi connectivity index (χ3v) is 5.94. The molecule has 128 valence electrons. The summed E-state index contributed by atoms with van der Waals surface area (Å²) in [4.78, 5) is 12.0. The summed E-state index contributed by atoms with van der Waals surface area (Å²) in [6.45, 7) is 6.63. The summed E-state index contributed by atoms with van der Waals surface area (Å²) in [7, 11) is 1.97. The highest BCUT2D eigenvalue weighted by molar-refractivity contribution is 8.00. The third-order valence-electron chi connectivity index (χ3n) is 4.59. The van der Waals surface area contributed by atoms with Gasteiger partial charge in [0.1, 0.15) is 5.78 Å². The van der Waals surface area contributed by atoms with E-state index in [4.69, 9.17) is 0 Å². The van der Waals surface area contributed by atoms with Crippen molar-refractivity contribution in [3.8, 4) is 11.4 Å². The molecule has 0 aliphatic heterocycles. The Morgan fingerprint density at radius 2 is 1.83 bits per heavy atom. The summed E-state index contributed by atoms with van der Waals surface area (Å²) in [6.07, 6.45) is 3.81. The standard InChI is InChI=1S/C19H25N3OS/c1-19(2,3)14-11-9-13(10-12-14)17-20-21-18(22(17)4)24-16-8-6-5-7-15(16)23/h9-12,16H,5-8H2,1-4H3/t16-/m1/s1. The van der Waals surface area contributed by atoms with Crippen molar-refractivity contribution in [1.82, 2.24) is 14.8 Å². The lowest BCUT2D eigenvalue weighted by atomic mass is 9.87. The number of carbonyl (C=O) groups is 1. The highest BCUT2D eigenvalue weighted by Gasteiger charge is 2.25. The van der Waals surface area contributed by atoms with Gasteiger partial charge in [0.2, 0.25) is 0 Å². The Bertz CT molecular complexity index is 728. The minimum atomic E-state index is 0.0396. The SMILES string of the molecule is Cn1c(S[C@@H]2CCCCC2=O)nnc1-c1ccc(C(C)(C)C)cc1. The van der Waals surface area contributed by atoms with Gasteiger partial charge in [-0.1, -0.05) is 63.2 Å². The molecule has 4 nitrogen and oxygen atoms in total. The van der Waals surface area contributed by atoms with Gasteiger partial charge < -0.3 is 4.57 Å². The highest BCUT2D eigenvalue weighted by Crippen LogP contribution is 2.32. The number of nitrogens with zero attached hydrogens (tertiary/aromatic N) is 3. The zero-order valence-corrected chi connectivity index (χ0v) is 15.7. The first-order chi connectivity index (χ1) is 11.4. The molecule has 1 aliphatic rings. The highest BCUT2D eigenvalue weighted by atomic mass is 32.2. The van der Waals surface area contributed by atoms with E-state index < -0.39 is 0 Å². The fraction of sp³-hybridized carbons (Fsp3) is 0.526. The number of hydrogen-bond acceptors (Lipinski definition) is 4. The molecule has 0 bridgehead atoms. The zero-order valence-electron chi connectivity index (χ0n) is 14.9. The van der Waals surface area contributed by atoms with Crippen LogP contribution in [0.5, 0.6) is 0 Å². The van der Waals surface area contributed by atoms with E-state index >= 15 is 0 Å². The second-order valence-corrected chi connectivity index (χ2v) is 8.68. The Kier molecular flexibility index (Phi) is 4.81. The van der Waals surface area contributed by atoms with Crippen LogP contribution in [0.3, 0.4) is 0 Å². The lowest BCUT2D eigenvalue weighted by molar-refractivity contribution is -0.119. The van der Waals surface area contributed by atoms with Crippen LogP contribution >= 0.6 is 11.8 Å². The predicted octanol–water partition coefficient (Wildman–Crippen LogP) is 4.38. The fourth-order valence-electron chi connectivity index (χ4n) is 2.99. The first-order valence-corrected chi connectivity index (χ1v) is 9.44. The number of thioether (sulfide) groups is 1. The van der Waals surface area contributed by atoms with E-state index in [1.165, 1.54) is 5.56 Å². The smallest absolute Gasteiger partial charge is 0.191 e. The molecule has 1 aliphatic carbocycles. The third kappa shape index (κ3) is 3.56. The maximum absolute atomic E-state index is 12.0. The van der Waals surface area contributed by atoms with E-state index in [1.54, 1.807) is 11.8 Å². The first kappa shape index (κ1) is 17.2. The molecule has 3 rings (SSSR count). The number of hydrogen-bond donors (Lipinski definition) is 0. The minimum Gasteiger partial charge on any atom is -0.305 e. The quantitative estimate of drug-likeness (QED) is 0.829. The largest absolute Gasteiger partial charge is 0.305 e. The molecule has 2 aromatic rings. The number of ketones is 1. The first-order valence-electron chi connectivity index (χ1n) is 8.56. The van der Waals surface area contributed by atoms with Crippen molar-refractivity contribution in [3.05, 3.63) is 29.8 Å². The molecule has 0 amide bonds. The van der Waals surface area contributed by atoms with Crippen LogP contribution in [-0.2, 0) is 17.3 Å². The van der Waals surface area contributed by atoms with Gasteiger partial charge in [-0.05, 0) is 23.8 Å². The predicted molar refractivity (Wildman–Crippen MR) is 98.3 cm³/mol. The molecule has 0 spiro atoms. The average Bonchev–Trinajstić information content (AvgIpc) is 2.90. The van der Waals surface area contributed by atoms with Crippen molar-refractivity contribution in [2.24, 2.45) is 7.05 Å². The van der Waals surface area contributed by atoms with Gasteiger partial charge in [-0.15, -0.1) is 10.2 Å². The molecule has 0 N–H and O–H groups in total. The van der Waals surface area contributed by atoms with Crippen molar-refractivity contribution >= 4 is 17.5 Å². The number of benzene rings is 1. The number of carbonyl (C=O) groups excluding carboxylic acids is 1. The van der Waals surface area contributed by atoms with Crippen LogP contribution in [0.1, 0.15) is 52.0 Å². The topological polar surface area (TPSA) is 47.8 Å². The van der Waals surface area contributed by atoms with Crippen LogP contribution in [0.25, 0.3) is 11.4 Å². The Hall–Kier alpha value is -1.62. The molecule has 1 aromatic heterocycles. The Balaban J connectivity index is 1.80. The van der Waals surface area contributed by atoms with Crippen molar-refractivity contribution < 1.29 is 4.79 Å². The van der Waals surface area contributed by atoms with Crippen molar-refractivity contribution in [1.29, 1.82) is 0 Å². The molecular formula is C19H25N3OS. The zero-order chi connectivity index (χ0) is 17.3. The lowest BCUT2D eigenvalue weighted by Crippen LogP contribution is -2.21. The van der Waals surface area contributed by atoms with E-state index in [-0.39, 0.29) is 10.7 Å². The van der Waals surface area contributed by atoms with E-state index in [1.807, 2.05) is 11.6 Å². The van der Waals surface area contributed by atoms with E-state index in [2.05, 4.69) is 55.2 Å². The van der Waals surface area contributed by atoms with Gasteiger partial charge in [0.05, 0.1) is 5.25 Å². The monoisotopic (exact) mass is 343 g/mol. The molecule has 0 unspecified atom stereocenters. The molecule has 1 fully saturated rings. The van der Waals surface area contributed by atoms with Gasteiger partial charge in [-0.2, -0.15) is 0 Å². The molecule has 24 heavy (non-hydrogen) atoms. The number of Topliss-reactive ketones (excluding diaryl/α,β-unsaturated/α-hetero) is 1. The van der Waals surface area contributed by atoms with Gasteiger partial charge in [0, 0.05) is 19.0 Å². The summed E-state index contributed by atoms with van der Waals surface area (Å²) in [6, 6.07) is 8.51. The Labute approximate surface area is 148 Å². The normalized spacial score (nSPS) is 18.8. The summed E-state index contributed by atoms with van der Waals surface area (Å²) in [5.41, 5.74) is 2.50. The summed E-state index contributed by atoms with van der Waals surface area (Å²) >= 11 is 1.56. The summed E-state index contributed by atoms with van der Waals surface area (Å²) in [5.74, 6) is 1.20.